The van der Waals surface area contributed by atoms with Crippen molar-refractivity contribution in [1.82, 2.24) is 15.1 Å². The van der Waals surface area contributed by atoms with Crippen LogP contribution in [0.4, 0.5) is 4.79 Å². The van der Waals surface area contributed by atoms with Gasteiger partial charge in [-0.1, -0.05) is 30.3 Å². The zero-order valence-electron chi connectivity index (χ0n) is 19.2. The first kappa shape index (κ1) is 23.6. The smallest absolute Gasteiger partial charge is 0.410 e. The number of nitrogens with zero attached hydrogens (tertiary/aromatic N) is 2. The Morgan fingerprint density at radius 2 is 1.59 bits per heavy atom. The Morgan fingerprint density at radius 3 is 2.22 bits per heavy atom. The van der Waals surface area contributed by atoms with Crippen LogP contribution < -0.4 is 10.1 Å². The zero-order valence-corrected chi connectivity index (χ0v) is 19.2. The van der Waals surface area contributed by atoms with Gasteiger partial charge in [-0.2, -0.15) is 0 Å². The van der Waals surface area contributed by atoms with Crippen molar-refractivity contribution < 1.29 is 19.1 Å². The fourth-order valence-electron chi connectivity index (χ4n) is 3.35. The van der Waals surface area contributed by atoms with Crippen LogP contribution in [0.5, 0.6) is 5.75 Å². The normalized spacial score (nSPS) is 14.7. The number of hydrogen-bond donors (Lipinski definition) is 1. The van der Waals surface area contributed by atoms with Crippen LogP contribution in [-0.2, 0) is 11.3 Å². The number of rotatable bonds is 7. The van der Waals surface area contributed by atoms with E-state index in [0.29, 0.717) is 31.8 Å². The Labute approximate surface area is 190 Å². The van der Waals surface area contributed by atoms with E-state index in [1.54, 1.807) is 4.90 Å². The largest absolute Gasteiger partial charge is 0.489 e. The molecule has 3 rings (SSSR count). The number of amides is 2. The monoisotopic (exact) mass is 439 g/mol. The first-order valence-corrected chi connectivity index (χ1v) is 11.1. The molecular weight excluding hydrogens is 406 g/mol. The predicted molar refractivity (Wildman–Crippen MR) is 124 cm³/mol. The number of carbonyl (C=O) groups is 2. The van der Waals surface area contributed by atoms with Gasteiger partial charge in [-0.15, -0.1) is 0 Å². The third-order valence-electron chi connectivity index (χ3n) is 5.10. The van der Waals surface area contributed by atoms with Gasteiger partial charge in [0.2, 0.25) is 0 Å². The average molecular weight is 440 g/mol. The van der Waals surface area contributed by atoms with Crippen LogP contribution in [-0.4, -0.2) is 66.7 Å². The Hall–Kier alpha value is -3.06. The minimum Gasteiger partial charge on any atom is -0.489 e. The van der Waals surface area contributed by atoms with E-state index in [0.717, 1.165) is 30.9 Å². The molecule has 2 aromatic rings. The minimum absolute atomic E-state index is 0.0899. The van der Waals surface area contributed by atoms with Crippen molar-refractivity contribution in [2.45, 2.75) is 33.0 Å². The molecule has 0 atom stereocenters. The Kier molecular flexibility index (Phi) is 8.11. The Morgan fingerprint density at radius 1 is 0.938 bits per heavy atom. The lowest BCUT2D eigenvalue weighted by Gasteiger charge is -2.35. The summed E-state index contributed by atoms with van der Waals surface area (Å²) in [5.74, 6) is 0.731. The van der Waals surface area contributed by atoms with Crippen molar-refractivity contribution in [2.24, 2.45) is 0 Å². The minimum atomic E-state index is -0.481. The molecule has 1 aliphatic heterocycles. The molecule has 32 heavy (non-hydrogen) atoms. The van der Waals surface area contributed by atoms with Gasteiger partial charge in [0.25, 0.3) is 5.91 Å². The third-order valence-corrected chi connectivity index (χ3v) is 5.10. The van der Waals surface area contributed by atoms with E-state index in [2.05, 4.69) is 10.2 Å². The topological polar surface area (TPSA) is 71.1 Å². The van der Waals surface area contributed by atoms with Crippen LogP contribution in [0.15, 0.2) is 54.6 Å². The molecule has 0 aliphatic carbocycles. The first-order valence-electron chi connectivity index (χ1n) is 11.1. The van der Waals surface area contributed by atoms with Crippen LogP contribution in [0.1, 0.15) is 36.7 Å². The Bertz CT molecular complexity index is 870. The van der Waals surface area contributed by atoms with E-state index in [1.165, 1.54) is 0 Å². The van der Waals surface area contributed by atoms with E-state index < -0.39 is 5.60 Å². The summed E-state index contributed by atoms with van der Waals surface area (Å²) in [5, 5.41) is 2.97. The predicted octanol–water partition coefficient (Wildman–Crippen LogP) is 3.55. The van der Waals surface area contributed by atoms with Crippen LogP contribution in [0.3, 0.4) is 0 Å². The van der Waals surface area contributed by atoms with E-state index >= 15 is 0 Å². The van der Waals surface area contributed by atoms with Crippen molar-refractivity contribution in [1.29, 1.82) is 0 Å². The molecule has 0 radical (unpaired) electrons. The fourth-order valence-corrected chi connectivity index (χ4v) is 3.35. The molecule has 0 spiro atoms. The molecule has 2 aromatic carbocycles. The summed E-state index contributed by atoms with van der Waals surface area (Å²) >= 11 is 0. The zero-order chi connectivity index (χ0) is 23.0. The molecule has 7 nitrogen and oxygen atoms in total. The van der Waals surface area contributed by atoms with Crippen molar-refractivity contribution >= 4 is 12.0 Å². The van der Waals surface area contributed by atoms with Gasteiger partial charge in [0, 0.05) is 44.8 Å². The molecule has 1 aliphatic rings. The maximum Gasteiger partial charge on any atom is 0.410 e. The second-order valence-electron chi connectivity index (χ2n) is 8.86. The molecule has 0 bridgehead atoms. The molecule has 0 saturated carbocycles. The third kappa shape index (κ3) is 7.57. The summed E-state index contributed by atoms with van der Waals surface area (Å²) in [4.78, 5) is 28.5. The first-order chi connectivity index (χ1) is 15.3. The number of piperazine rings is 1. The highest BCUT2D eigenvalue weighted by Crippen LogP contribution is 2.13. The van der Waals surface area contributed by atoms with Crippen molar-refractivity contribution in [3.8, 4) is 5.75 Å². The van der Waals surface area contributed by atoms with Gasteiger partial charge in [-0.05, 0) is 50.6 Å². The summed E-state index contributed by atoms with van der Waals surface area (Å²) in [7, 11) is 0. The van der Waals surface area contributed by atoms with E-state index in [9.17, 15) is 9.59 Å². The highest BCUT2D eigenvalue weighted by molar-refractivity contribution is 5.94. The molecule has 1 heterocycles. The molecule has 0 aromatic heterocycles. The number of hydrogen-bond acceptors (Lipinski definition) is 5. The van der Waals surface area contributed by atoms with E-state index in [-0.39, 0.29) is 12.0 Å². The van der Waals surface area contributed by atoms with Crippen LogP contribution >= 0.6 is 0 Å². The van der Waals surface area contributed by atoms with Crippen LogP contribution in [0.2, 0.25) is 0 Å². The average Bonchev–Trinajstić information content (AvgIpc) is 2.78. The molecule has 1 N–H and O–H groups in total. The Balaban J connectivity index is 1.35. The summed E-state index contributed by atoms with van der Waals surface area (Å²) in [6.45, 7) is 10.2. The lowest BCUT2D eigenvalue weighted by atomic mass is 10.1. The van der Waals surface area contributed by atoms with E-state index in [1.807, 2.05) is 75.4 Å². The van der Waals surface area contributed by atoms with Crippen molar-refractivity contribution in [2.75, 3.05) is 39.3 Å². The van der Waals surface area contributed by atoms with Crippen molar-refractivity contribution in [3.05, 3.63) is 65.7 Å². The number of nitrogens with one attached hydrogen (secondary N) is 1. The van der Waals surface area contributed by atoms with Crippen LogP contribution in [0, 0.1) is 0 Å². The summed E-state index contributed by atoms with van der Waals surface area (Å²) < 4.78 is 11.2. The summed E-state index contributed by atoms with van der Waals surface area (Å²) in [5.41, 5.74) is 1.16. The maximum atomic E-state index is 12.4. The second kappa shape index (κ2) is 11.0. The fraction of sp³-hybridized carbons (Fsp3) is 0.440. The highest BCUT2D eigenvalue weighted by atomic mass is 16.6. The van der Waals surface area contributed by atoms with Gasteiger partial charge in [-0.3, -0.25) is 9.69 Å². The lowest BCUT2D eigenvalue weighted by Crippen LogP contribution is -2.51. The maximum absolute atomic E-state index is 12.4. The second-order valence-corrected chi connectivity index (χ2v) is 8.86. The van der Waals surface area contributed by atoms with Gasteiger partial charge < -0.3 is 19.7 Å². The van der Waals surface area contributed by atoms with Gasteiger partial charge in [-0.25, -0.2) is 4.79 Å². The van der Waals surface area contributed by atoms with Gasteiger partial charge in [0.05, 0.1) is 0 Å². The molecule has 2 amide bonds. The molecule has 1 saturated heterocycles. The SMILES string of the molecule is CC(C)(C)OC(=O)N1CCN(CCNC(=O)c2ccc(COc3ccccc3)cc2)CC1. The summed E-state index contributed by atoms with van der Waals surface area (Å²) in [6, 6.07) is 17.1. The molecular formula is C25H33N3O4. The summed E-state index contributed by atoms with van der Waals surface area (Å²) in [6.07, 6.45) is -0.261. The lowest BCUT2D eigenvalue weighted by molar-refractivity contribution is 0.0147. The molecule has 7 heteroatoms. The number of carbonyl (C=O) groups excluding carboxylic acids is 2. The number of ether oxygens (including phenoxy) is 2. The number of para-hydroxylation sites is 1. The standard InChI is InChI=1S/C25H33N3O4/c1-25(2,3)32-24(30)28-17-15-27(16-18-28)14-13-26-23(29)21-11-9-20(10-12-21)19-31-22-7-5-4-6-8-22/h4-12H,13-19H2,1-3H3,(H,26,29). The molecule has 0 unspecified atom stereocenters. The van der Waals surface area contributed by atoms with Crippen molar-refractivity contribution in [3.63, 3.8) is 0 Å². The number of benzene rings is 2. The van der Waals surface area contributed by atoms with Crippen LogP contribution in [0.25, 0.3) is 0 Å². The highest BCUT2D eigenvalue weighted by Gasteiger charge is 2.25. The van der Waals surface area contributed by atoms with Gasteiger partial charge in [0.15, 0.2) is 0 Å². The quantitative estimate of drug-likeness (QED) is 0.715. The molecule has 1 fully saturated rings. The van der Waals surface area contributed by atoms with E-state index in [4.69, 9.17) is 9.47 Å². The molecule has 172 valence electrons. The van der Waals surface area contributed by atoms with Gasteiger partial charge in [0.1, 0.15) is 18.0 Å². The van der Waals surface area contributed by atoms with Gasteiger partial charge >= 0.3 is 6.09 Å².